The third-order valence-electron chi connectivity index (χ3n) is 8.98. The second kappa shape index (κ2) is 10.5. The molecule has 0 aliphatic carbocycles. The van der Waals surface area contributed by atoms with E-state index in [1.54, 1.807) is 9.80 Å². The largest absolute Gasteiger partial charge is 0.465 e. The fourth-order valence-electron chi connectivity index (χ4n) is 7.08. The molecule has 2 fully saturated rings. The van der Waals surface area contributed by atoms with Crippen LogP contribution in [-0.4, -0.2) is 71.3 Å². The van der Waals surface area contributed by atoms with Crippen LogP contribution in [0.5, 0.6) is 0 Å². The summed E-state index contributed by atoms with van der Waals surface area (Å²) < 4.78 is 12.6. The molecule has 210 valence electrons. The molecule has 2 aromatic carbocycles. The number of fused-ring (bicyclic) bond motifs is 3. The molecule has 4 aliphatic heterocycles. The van der Waals surface area contributed by atoms with Gasteiger partial charge in [0.15, 0.2) is 0 Å². The molecule has 4 heterocycles. The van der Waals surface area contributed by atoms with Crippen molar-refractivity contribution in [3.05, 3.63) is 66.8 Å². The number of carbonyl (C=O) groups is 3. The zero-order valence-electron chi connectivity index (χ0n) is 22.8. The lowest BCUT2D eigenvalue weighted by molar-refractivity contribution is -0.159. The average Bonchev–Trinajstić information content (AvgIpc) is 3.34. The maximum Gasteiger partial charge on any atom is 0.313 e. The number of amides is 2. The number of hydrogen-bond acceptors (Lipinski definition) is 6. The van der Waals surface area contributed by atoms with E-state index in [-0.39, 0.29) is 31.6 Å². The topological polar surface area (TPSA) is 96.4 Å². The average molecular weight is 545 g/mol. The molecule has 1 N–H and O–H groups in total. The summed E-state index contributed by atoms with van der Waals surface area (Å²) in [7, 11) is 0. The summed E-state index contributed by atoms with van der Waals surface area (Å²) in [5.41, 5.74) is -1.64. The van der Waals surface area contributed by atoms with Gasteiger partial charge in [0.2, 0.25) is 5.91 Å². The highest BCUT2D eigenvalue weighted by molar-refractivity contribution is 6.06. The zero-order chi connectivity index (χ0) is 27.9. The van der Waals surface area contributed by atoms with Crippen LogP contribution in [-0.2, 0) is 23.9 Å². The van der Waals surface area contributed by atoms with Crippen molar-refractivity contribution in [2.24, 2.45) is 11.8 Å². The van der Waals surface area contributed by atoms with Gasteiger partial charge in [0.25, 0.3) is 5.91 Å². The lowest BCUT2D eigenvalue weighted by atomic mass is 9.73. The zero-order valence-corrected chi connectivity index (χ0v) is 22.8. The van der Waals surface area contributed by atoms with Crippen LogP contribution < -0.4 is 4.90 Å². The SMILES string of the molecule is CC[C@]12/C=C\CCCOC(=O)[C@H]1[C@H]1C(=O)N(CCCCO)C3C(=O)N(c4ccc5ccccc5c4)CC=C[C@@]31O2. The standard InChI is InChI=1S/C32H36N2O6/c1-2-31-15-6-3-9-20-39-30(38)26(31)25-28(36)34(17-7-8-19-35)27-29(37)33(18-10-16-32(25,27)40-31)24-14-13-22-11-4-5-12-23(22)21-24/h4-6,10-16,21,25-27,35H,2-3,7-9,17-20H2,1H3/b15-6-/t25-,26+,27?,31-,32-/m0/s1. The molecule has 2 amide bonds. The molecule has 40 heavy (non-hydrogen) atoms. The first-order valence-corrected chi connectivity index (χ1v) is 14.4. The number of aliphatic hydroxyl groups excluding tert-OH is 1. The predicted molar refractivity (Wildman–Crippen MR) is 150 cm³/mol. The predicted octanol–water partition coefficient (Wildman–Crippen LogP) is 3.77. The van der Waals surface area contributed by atoms with Crippen molar-refractivity contribution < 1.29 is 29.0 Å². The van der Waals surface area contributed by atoms with Crippen molar-refractivity contribution >= 4 is 34.2 Å². The number of esters is 1. The minimum atomic E-state index is -1.32. The number of hydrogen-bond donors (Lipinski definition) is 1. The lowest BCUT2D eigenvalue weighted by Crippen LogP contribution is -2.56. The number of allylic oxidation sites excluding steroid dienone is 1. The summed E-state index contributed by atoms with van der Waals surface area (Å²) in [6, 6.07) is 12.9. The van der Waals surface area contributed by atoms with E-state index >= 15 is 0 Å². The van der Waals surface area contributed by atoms with E-state index in [1.807, 2.05) is 73.7 Å². The molecular weight excluding hydrogens is 508 g/mol. The number of aliphatic hydroxyl groups is 1. The molecule has 0 saturated carbocycles. The highest BCUT2D eigenvalue weighted by Gasteiger charge is 2.75. The van der Waals surface area contributed by atoms with Gasteiger partial charge in [-0.1, -0.05) is 61.6 Å². The van der Waals surface area contributed by atoms with Gasteiger partial charge in [-0.3, -0.25) is 14.4 Å². The maximum atomic E-state index is 14.6. The van der Waals surface area contributed by atoms with Crippen LogP contribution in [0.15, 0.2) is 66.8 Å². The molecule has 0 aromatic heterocycles. The highest BCUT2D eigenvalue weighted by Crippen LogP contribution is 2.58. The summed E-state index contributed by atoms with van der Waals surface area (Å²) in [5.74, 6) is -2.72. The van der Waals surface area contributed by atoms with Crippen molar-refractivity contribution in [3.63, 3.8) is 0 Å². The summed E-state index contributed by atoms with van der Waals surface area (Å²) in [6.07, 6.45) is 10.6. The van der Waals surface area contributed by atoms with Crippen molar-refractivity contribution in [2.45, 2.75) is 56.3 Å². The van der Waals surface area contributed by atoms with Gasteiger partial charge >= 0.3 is 5.97 Å². The number of rotatable bonds is 6. The quantitative estimate of drug-likeness (QED) is 0.338. The third kappa shape index (κ3) is 4.08. The van der Waals surface area contributed by atoms with E-state index in [9.17, 15) is 19.5 Å². The Hall–Kier alpha value is -3.49. The monoisotopic (exact) mass is 544 g/mol. The minimum absolute atomic E-state index is 0.00642. The number of cyclic esters (lactones) is 1. The van der Waals surface area contributed by atoms with Crippen molar-refractivity contribution in [1.82, 2.24) is 4.90 Å². The number of anilines is 1. The van der Waals surface area contributed by atoms with Gasteiger partial charge in [-0.15, -0.1) is 0 Å². The first-order valence-electron chi connectivity index (χ1n) is 14.4. The fraction of sp³-hybridized carbons (Fsp3) is 0.469. The van der Waals surface area contributed by atoms with E-state index in [2.05, 4.69) is 0 Å². The Morgan fingerprint density at radius 3 is 2.60 bits per heavy atom. The van der Waals surface area contributed by atoms with Crippen LogP contribution in [0.1, 0.15) is 39.0 Å². The van der Waals surface area contributed by atoms with Gasteiger partial charge in [0, 0.05) is 25.4 Å². The fourth-order valence-corrected chi connectivity index (χ4v) is 7.08. The van der Waals surface area contributed by atoms with Crippen LogP contribution in [0.25, 0.3) is 10.8 Å². The molecular formula is C32H36N2O6. The number of carbonyl (C=O) groups excluding carboxylic acids is 3. The molecule has 0 radical (unpaired) electrons. The van der Waals surface area contributed by atoms with Gasteiger partial charge < -0.3 is 24.4 Å². The molecule has 2 saturated heterocycles. The first kappa shape index (κ1) is 26.7. The number of unbranched alkanes of at least 4 members (excludes halogenated alkanes) is 1. The molecule has 2 aromatic rings. The Bertz CT molecular complexity index is 1390. The summed E-state index contributed by atoms with van der Waals surface area (Å²) in [4.78, 5) is 45.8. The molecule has 8 heteroatoms. The molecule has 1 unspecified atom stereocenters. The van der Waals surface area contributed by atoms with E-state index in [1.165, 1.54) is 0 Å². The Morgan fingerprint density at radius 2 is 1.80 bits per heavy atom. The maximum absolute atomic E-state index is 14.6. The van der Waals surface area contributed by atoms with Gasteiger partial charge in [0.1, 0.15) is 23.2 Å². The lowest BCUT2D eigenvalue weighted by Gasteiger charge is -2.38. The smallest absolute Gasteiger partial charge is 0.313 e. The second-order valence-electron chi connectivity index (χ2n) is 11.2. The van der Waals surface area contributed by atoms with Crippen LogP contribution in [0.4, 0.5) is 5.69 Å². The number of likely N-dealkylation sites (tertiary alicyclic amines) is 1. The summed E-state index contributed by atoms with van der Waals surface area (Å²) >= 11 is 0. The van der Waals surface area contributed by atoms with Crippen molar-refractivity contribution in [3.8, 4) is 0 Å². The molecule has 0 bridgehead atoms. The highest BCUT2D eigenvalue weighted by atomic mass is 16.6. The number of benzene rings is 2. The summed E-state index contributed by atoms with van der Waals surface area (Å²) in [5, 5.41) is 11.5. The van der Waals surface area contributed by atoms with E-state index in [0.29, 0.717) is 32.2 Å². The Labute approximate surface area is 234 Å². The molecule has 5 atom stereocenters. The van der Waals surface area contributed by atoms with Crippen molar-refractivity contribution in [1.29, 1.82) is 0 Å². The second-order valence-corrected chi connectivity index (χ2v) is 11.2. The Balaban J connectivity index is 1.47. The molecule has 6 rings (SSSR count). The van der Waals surface area contributed by atoms with Gasteiger partial charge in [-0.2, -0.15) is 0 Å². The number of nitrogens with zero attached hydrogens (tertiary/aromatic N) is 2. The molecule has 4 aliphatic rings. The normalized spacial score (nSPS) is 32.5. The van der Waals surface area contributed by atoms with E-state index in [4.69, 9.17) is 9.47 Å². The molecule has 1 spiro atoms. The van der Waals surface area contributed by atoms with E-state index < -0.39 is 35.0 Å². The van der Waals surface area contributed by atoms with Gasteiger partial charge in [-0.05, 0) is 55.0 Å². The minimum Gasteiger partial charge on any atom is -0.465 e. The van der Waals surface area contributed by atoms with Crippen LogP contribution in [0, 0.1) is 11.8 Å². The Morgan fingerprint density at radius 1 is 0.975 bits per heavy atom. The summed E-state index contributed by atoms with van der Waals surface area (Å²) in [6.45, 7) is 2.82. The van der Waals surface area contributed by atoms with Crippen LogP contribution in [0.3, 0.4) is 0 Å². The number of ether oxygens (including phenoxy) is 2. The van der Waals surface area contributed by atoms with Crippen LogP contribution in [0.2, 0.25) is 0 Å². The van der Waals surface area contributed by atoms with Gasteiger partial charge in [-0.25, -0.2) is 0 Å². The van der Waals surface area contributed by atoms with Crippen molar-refractivity contribution in [2.75, 3.05) is 31.2 Å². The Kier molecular flexibility index (Phi) is 7.00. The first-order chi connectivity index (χ1) is 19.5. The van der Waals surface area contributed by atoms with Gasteiger partial charge in [0.05, 0.1) is 12.5 Å². The van der Waals surface area contributed by atoms with E-state index in [0.717, 1.165) is 22.9 Å². The van der Waals surface area contributed by atoms with Crippen LogP contribution >= 0.6 is 0 Å². The third-order valence-corrected chi connectivity index (χ3v) is 8.98. The molecule has 8 nitrogen and oxygen atoms in total.